The molecule has 6 nitrogen and oxygen atoms in total. The number of carbonyl (C=O) groups excluding carboxylic acids is 2. The number of hydrogen-bond donors (Lipinski definition) is 1. The van der Waals surface area contributed by atoms with Crippen molar-refractivity contribution in [2.24, 2.45) is 5.92 Å². The zero-order valence-electron chi connectivity index (χ0n) is 19.6. The van der Waals surface area contributed by atoms with Gasteiger partial charge in [0.1, 0.15) is 17.6 Å². The summed E-state index contributed by atoms with van der Waals surface area (Å²) in [5, 5.41) is -0.00270. The van der Waals surface area contributed by atoms with Gasteiger partial charge in [-0.2, -0.15) is 0 Å². The predicted octanol–water partition coefficient (Wildman–Crippen LogP) is 5.88. The SMILES string of the molecule is Cc1ccccc1COc1ccccc1[C@H]1c2sc(=O)[nH]c2SC2C(=O)N(c3ccc(Br)cc3)C(=O)C21. The Kier molecular flexibility index (Phi) is 6.30. The number of imide groups is 1. The van der Waals surface area contributed by atoms with Crippen molar-refractivity contribution in [1.29, 1.82) is 0 Å². The quantitative estimate of drug-likeness (QED) is 0.293. The van der Waals surface area contributed by atoms with Gasteiger partial charge in [-0.05, 0) is 48.4 Å². The molecule has 1 aromatic heterocycles. The maximum absolute atomic E-state index is 13.9. The lowest BCUT2D eigenvalue weighted by atomic mass is 9.82. The van der Waals surface area contributed by atoms with Crippen LogP contribution in [0, 0.1) is 12.8 Å². The number of H-pyrrole nitrogens is 1. The second-order valence-electron chi connectivity index (χ2n) is 8.99. The van der Waals surface area contributed by atoms with Crippen molar-refractivity contribution in [2.75, 3.05) is 4.90 Å². The topological polar surface area (TPSA) is 79.5 Å². The number of aromatic amines is 1. The first-order valence-electron chi connectivity index (χ1n) is 11.7. The number of hydrogen-bond acceptors (Lipinski definition) is 6. The summed E-state index contributed by atoms with van der Waals surface area (Å²) in [4.78, 5) is 44.7. The van der Waals surface area contributed by atoms with Crippen molar-refractivity contribution in [3.05, 3.63) is 109 Å². The second-order valence-corrected chi connectivity index (χ2v) is 12.1. The van der Waals surface area contributed by atoms with E-state index >= 15 is 0 Å². The zero-order chi connectivity index (χ0) is 25.7. The molecule has 4 aromatic rings. The van der Waals surface area contributed by atoms with E-state index in [1.165, 1.54) is 16.7 Å². The summed E-state index contributed by atoms with van der Waals surface area (Å²) in [5.41, 5.74) is 3.52. The van der Waals surface area contributed by atoms with E-state index in [1.807, 2.05) is 67.6 Å². The van der Waals surface area contributed by atoms with E-state index < -0.39 is 17.1 Å². The van der Waals surface area contributed by atoms with Crippen LogP contribution in [0.2, 0.25) is 0 Å². The number of nitrogens with zero attached hydrogens (tertiary/aromatic N) is 1. The van der Waals surface area contributed by atoms with E-state index in [-0.39, 0.29) is 16.7 Å². The van der Waals surface area contributed by atoms with E-state index in [9.17, 15) is 14.4 Å². The van der Waals surface area contributed by atoms with Crippen molar-refractivity contribution in [1.82, 2.24) is 4.98 Å². The molecule has 37 heavy (non-hydrogen) atoms. The lowest BCUT2D eigenvalue weighted by Crippen LogP contribution is -2.32. The molecule has 186 valence electrons. The number of thiazole rings is 1. The Morgan fingerprint density at radius 3 is 2.46 bits per heavy atom. The molecule has 1 N–H and O–H groups in total. The average molecular weight is 594 g/mol. The summed E-state index contributed by atoms with van der Waals surface area (Å²) in [6.45, 7) is 2.41. The van der Waals surface area contributed by atoms with Gasteiger partial charge in [-0.1, -0.05) is 81.5 Å². The summed E-state index contributed by atoms with van der Waals surface area (Å²) in [5.74, 6) is -1.06. The van der Waals surface area contributed by atoms with Gasteiger partial charge in [0.05, 0.1) is 16.6 Å². The third-order valence-corrected chi connectivity index (χ3v) is 9.74. The summed E-state index contributed by atoms with van der Waals surface area (Å²) in [6, 6.07) is 22.8. The minimum atomic E-state index is -0.664. The first-order chi connectivity index (χ1) is 17.9. The largest absolute Gasteiger partial charge is 0.489 e. The molecule has 9 heteroatoms. The van der Waals surface area contributed by atoms with Crippen LogP contribution in [0.15, 0.2) is 87.1 Å². The molecule has 1 fully saturated rings. The summed E-state index contributed by atoms with van der Waals surface area (Å²) >= 11 is 5.78. The number of benzene rings is 3. The van der Waals surface area contributed by atoms with Crippen LogP contribution >= 0.6 is 39.0 Å². The van der Waals surface area contributed by atoms with Gasteiger partial charge in [0.2, 0.25) is 11.8 Å². The summed E-state index contributed by atoms with van der Waals surface area (Å²) in [7, 11) is 0. The van der Waals surface area contributed by atoms with Gasteiger partial charge in [0, 0.05) is 20.8 Å². The van der Waals surface area contributed by atoms with Crippen LogP contribution in [-0.2, 0) is 16.2 Å². The average Bonchev–Trinajstić information content (AvgIpc) is 3.39. The Morgan fingerprint density at radius 1 is 0.946 bits per heavy atom. The first kappa shape index (κ1) is 24.2. The summed E-state index contributed by atoms with van der Waals surface area (Å²) in [6.07, 6.45) is 0. The minimum Gasteiger partial charge on any atom is -0.489 e. The molecule has 3 heterocycles. The molecule has 0 spiro atoms. The van der Waals surface area contributed by atoms with Gasteiger partial charge >= 0.3 is 4.87 Å². The van der Waals surface area contributed by atoms with Crippen LogP contribution in [0.25, 0.3) is 0 Å². The Balaban J connectivity index is 1.43. The number of anilines is 1. The highest BCUT2D eigenvalue weighted by Crippen LogP contribution is 2.54. The van der Waals surface area contributed by atoms with Gasteiger partial charge in [0.15, 0.2) is 0 Å². The molecule has 0 radical (unpaired) electrons. The fraction of sp³-hybridized carbons (Fsp3) is 0.179. The Labute approximate surface area is 229 Å². The maximum Gasteiger partial charge on any atom is 0.305 e. The van der Waals surface area contributed by atoms with Crippen LogP contribution in [0.1, 0.15) is 27.5 Å². The monoisotopic (exact) mass is 592 g/mol. The Bertz CT molecular complexity index is 1580. The number of aromatic nitrogens is 1. The molecular formula is C28H21BrN2O4S2. The number of aryl methyl sites for hydroxylation is 1. The molecule has 1 saturated heterocycles. The van der Waals surface area contributed by atoms with Gasteiger partial charge in [-0.25, -0.2) is 4.90 Å². The van der Waals surface area contributed by atoms with Crippen molar-refractivity contribution in [3.8, 4) is 5.75 Å². The molecule has 3 aromatic carbocycles. The van der Waals surface area contributed by atoms with Crippen LogP contribution < -0.4 is 14.5 Å². The standard InChI is InChI=1S/C28H21BrN2O4S2/c1-15-6-2-3-7-16(15)14-35-20-9-5-4-8-19(20)21-22-24(36-25-23(21)37-28(34)30-25)27(33)31(26(22)32)18-12-10-17(29)11-13-18/h2-13,21-22,24H,14H2,1H3,(H,30,34)/t21-,22?,24?/m1/s1. The molecule has 2 aliphatic heterocycles. The number of amides is 2. The van der Waals surface area contributed by atoms with Gasteiger partial charge in [0.25, 0.3) is 0 Å². The van der Waals surface area contributed by atoms with Gasteiger partial charge in [-0.3, -0.25) is 14.4 Å². The van der Waals surface area contributed by atoms with Crippen molar-refractivity contribution in [3.63, 3.8) is 0 Å². The highest BCUT2D eigenvalue weighted by molar-refractivity contribution is 9.10. The number of thioether (sulfide) groups is 1. The number of ether oxygens (including phenoxy) is 1. The van der Waals surface area contributed by atoms with E-state index in [4.69, 9.17) is 4.74 Å². The number of nitrogens with one attached hydrogen (secondary N) is 1. The fourth-order valence-electron chi connectivity index (χ4n) is 4.99. The van der Waals surface area contributed by atoms with E-state index in [0.29, 0.717) is 23.1 Å². The molecule has 0 bridgehead atoms. The molecule has 0 saturated carbocycles. The molecule has 6 rings (SSSR count). The third kappa shape index (κ3) is 4.24. The Morgan fingerprint density at radius 2 is 1.68 bits per heavy atom. The molecular weight excluding hydrogens is 572 g/mol. The van der Waals surface area contributed by atoms with Crippen molar-refractivity contribution < 1.29 is 14.3 Å². The highest BCUT2D eigenvalue weighted by atomic mass is 79.9. The van der Waals surface area contributed by atoms with Gasteiger partial charge < -0.3 is 9.72 Å². The lowest BCUT2D eigenvalue weighted by Gasteiger charge is -2.30. The van der Waals surface area contributed by atoms with Crippen LogP contribution in [0.4, 0.5) is 5.69 Å². The van der Waals surface area contributed by atoms with Crippen molar-refractivity contribution >= 4 is 56.5 Å². The van der Waals surface area contributed by atoms with Gasteiger partial charge in [-0.15, -0.1) is 0 Å². The van der Waals surface area contributed by atoms with Crippen molar-refractivity contribution in [2.45, 2.75) is 29.7 Å². The second kappa shape index (κ2) is 9.63. The predicted molar refractivity (Wildman–Crippen MR) is 149 cm³/mol. The normalized spacial score (nSPS) is 20.6. The number of fused-ring (bicyclic) bond motifs is 2. The third-order valence-electron chi connectivity index (χ3n) is 6.81. The minimum absolute atomic E-state index is 0.203. The molecule has 0 aliphatic carbocycles. The Hall–Kier alpha value is -3.14. The smallest absolute Gasteiger partial charge is 0.305 e. The van der Waals surface area contributed by atoms with E-state index in [1.54, 1.807) is 12.1 Å². The lowest BCUT2D eigenvalue weighted by molar-refractivity contribution is -0.122. The first-order valence-corrected chi connectivity index (χ1v) is 14.2. The maximum atomic E-state index is 13.9. The van der Waals surface area contributed by atoms with Crippen LogP contribution in [0.3, 0.4) is 0 Å². The number of para-hydroxylation sites is 1. The van der Waals surface area contributed by atoms with E-state index in [0.717, 1.165) is 37.4 Å². The number of rotatable bonds is 5. The van der Waals surface area contributed by atoms with Crippen LogP contribution in [-0.4, -0.2) is 22.0 Å². The molecule has 2 unspecified atom stereocenters. The molecule has 3 atom stereocenters. The summed E-state index contributed by atoms with van der Waals surface area (Å²) < 4.78 is 7.17. The van der Waals surface area contributed by atoms with Crippen LogP contribution in [0.5, 0.6) is 5.75 Å². The fourth-order valence-corrected chi connectivity index (χ4v) is 7.76. The number of carbonyl (C=O) groups is 2. The number of halogens is 1. The zero-order valence-corrected chi connectivity index (χ0v) is 22.9. The van der Waals surface area contributed by atoms with E-state index in [2.05, 4.69) is 20.9 Å². The molecule has 2 aliphatic rings. The molecule has 2 amide bonds. The highest BCUT2D eigenvalue weighted by Gasteiger charge is 2.56.